The molecule has 0 saturated heterocycles. The van der Waals surface area contributed by atoms with Crippen LogP contribution in [-0.4, -0.2) is 18.6 Å². The van der Waals surface area contributed by atoms with Gasteiger partial charge in [0.25, 0.3) is 0 Å². The Morgan fingerprint density at radius 1 is 1.25 bits per heavy atom. The van der Waals surface area contributed by atoms with Crippen molar-refractivity contribution >= 4 is 11.6 Å². The number of halogens is 1. The monoisotopic (exact) mass is 246 g/mol. The Hall–Kier alpha value is 0.250. The summed E-state index contributed by atoms with van der Waals surface area (Å²) in [5, 5.41) is 0. The van der Waals surface area contributed by atoms with Crippen LogP contribution in [0.2, 0.25) is 0 Å². The van der Waals surface area contributed by atoms with Gasteiger partial charge in [-0.3, -0.25) is 0 Å². The molecule has 0 aromatic rings. The molecule has 1 nitrogen and oxygen atoms in total. The minimum atomic E-state index is 0.524. The van der Waals surface area contributed by atoms with Crippen molar-refractivity contribution in [3.05, 3.63) is 0 Å². The third-order valence-electron chi connectivity index (χ3n) is 3.85. The summed E-state index contributed by atoms with van der Waals surface area (Å²) in [5.74, 6) is 1.48. The van der Waals surface area contributed by atoms with E-state index < -0.39 is 0 Å². The van der Waals surface area contributed by atoms with Gasteiger partial charge in [-0.25, -0.2) is 0 Å². The minimum Gasteiger partial charge on any atom is -0.378 e. The highest BCUT2D eigenvalue weighted by molar-refractivity contribution is 6.17. The Morgan fingerprint density at radius 2 is 1.88 bits per heavy atom. The van der Waals surface area contributed by atoms with Gasteiger partial charge in [-0.15, -0.1) is 11.6 Å². The van der Waals surface area contributed by atoms with Crippen molar-refractivity contribution in [1.82, 2.24) is 0 Å². The molecule has 16 heavy (non-hydrogen) atoms. The Bertz CT molecular complexity index is 181. The summed E-state index contributed by atoms with van der Waals surface area (Å²) < 4.78 is 5.95. The molecule has 1 fully saturated rings. The molecule has 1 unspecified atom stereocenters. The third kappa shape index (κ3) is 5.54. The fourth-order valence-corrected chi connectivity index (χ4v) is 2.68. The van der Waals surface area contributed by atoms with Gasteiger partial charge in [-0.05, 0) is 49.9 Å². The van der Waals surface area contributed by atoms with Crippen LogP contribution in [0.4, 0.5) is 0 Å². The van der Waals surface area contributed by atoms with Crippen LogP contribution in [-0.2, 0) is 4.74 Å². The van der Waals surface area contributed by atoms with Crippen LogP contribution in [0.25, 0.3) is 0 Å². The van der Waals surface area contributed by atoms with Crippen molar-refractivity contribution in [2.75, 3.05) is 12.5 Å². The number of hydrogen-bond acceptors (Lipinski definition) is 1. The first-order chi connectivity index (χ1) is 7.53. The molecule has 0 radical (unpaired) electrons. The molecule has 0 aliphatic heterocycles. The lowest BCUT2D eigenvalue weighted by Crippen LogP contribution is -2.27. The first-order valence-electron chi connectivity index (χ1n) is 6.71. The van der Waals surface area contributed by atoms with Crippen LogP contribution >= 0.6 is 11.6 Å². The second-order valence-electron chi connectivity index (χ2n) is 6.11. The SMILES string of the molecule is CC(CCCl)CCOC1CCC(C)(C)CC1. The topological polar surface area (TPSA) is 9.23 Å². The maximum atomic E-state index is 5.95. The second kappa shape index (κ2) is 6.86. The van der Waals surface area contributed by atoms with Gasteiger partial charge in [-0.2, -0.15) is 0 Å². The highest BCUT2D eigenvalue weighted by atomic mass is 35.5. The molecule has 1 aliphatic carbocycles. The first kappa shape index (κ1) is 14.3. The van der Waals surface area contributed by atoms with E-state index in [1.807, 2.05) is 0 Å². The van der Waals surface area contributed by atoms with Crippen molar-refractivity contribution in [2.45, 2.75) is 65.4 Å². The van der Waals surface area contributed by atoms with E-state index in [4.69, 9.17) is 16.3 Å². The molecule has 2 heteroatoms. The molecule has 1 rings (SSSR count). The summed E-state index contributed by atoms with van der Waals surface area (Å²) in [6, 6.07) is 0. The molecule has 0 amide bonds. The summed E-state index contributed by atoms with van der Waals surface area (Å²) in [6.45, 7) is 7.91. The number of rotatable bonds is 6. The molecule has 1 saturated carbocycles. The lowest BCUT2D eigenvalue weighted by Gasteiger charge is -2.34. The number of ether oxygens (including phenoxy) is 1. The zero-order valence-corrected chi connectivity index (χ0v) is 11.9. The van der Waals surface area contributed by atoms with E-state index in [1.165, 1.54) is 25.7 Å². The lowest BCUT2D eigenvalue weighted by molar-refractivity contribution is -0.000572. The average molecular weight is 247 g/mol. The van der Waals surface area contributed by atoms with Crippen molar-refractivity contribution in [1.29, 1.82) is 0 Å². The predicted molar refractivity (Wildman–Crippen MR) is 71.1 cm³/mol. The summed E-state index contributed by atoms with van der Waals surface area (Å²) in [7, 11) is 0. The van der Waals surface area contributed by atoms with Gasteiger partial charge in [0.1, 0.15) is 0 Å². The molecule has 1 atom stereocenters. The van der Waals surface area contributed by atoms with Crippen molar-refractivity contribution in [3.63, 3.8) is 0 Å². The van der Waals surface area contributed by atoms with Crippen LogP contribution in [0.3, 0.4) is 0 Å². The van der Waals surface area contributed by atoms with Crippen LogP contribution in [0.5, 0.6) is 0 Å². The van der Waals surface area contributed by atoms with Gasteiger partial charge in [0.2, 0.25) is 0 Å². The second-order valence-corrected chi connectivity index (χ2v) is 6.48. The van der Waals surface area contributed by atoms with Gasteiger partial charge >= 0.3 is 0 Å². The number of alkyl halides is 1. The summed E-state index contributed by atoms with van der Waals surface area (Å²) in [5.41, 5.74) is 0.547. The zero-order chi connectivity index (χ0) is 12.0. The van der Waals surface area contributed by atoms with E-state index in [-0.39, 0.29) is 0 Å². The minimum absolute atomic E-state index is 0.524. The number of hydrogen-bond donors (Lipinski definition) is 0. The summed E-state index contributed by atoms with van der Waals surface area (Å²) in [4.78, 5) is 0. The zero-order valence-electron chi connectivity index (χ0n) is 11.1. The molecule has 0 bridgehead atoms. The fraction of sp³-hybridized carbons (Fsp3) is 1.00. The van der Waals surface area contributed by atoms with E-state index >= 15 is 0 Å². The lowest BCUT2D eigenvalue weighted by atomic mass is 9.76. The standard InChI is InChI=1S/C14H27ClO/c1-12(6-10-15)7-11-16-13-4-8-14(2,3)9-5-13/h12-13H,4-11H2,1-3H3. The largest absolute Gasteiger partial charge is 0.378 e. The van der Waals surface area contributed by atoms with Gasteiger partial charge in [0.15, 0.2) is 0 Å². The third-order valence-corrected chi connectivity index (χ3v) is 4.07. The van der Waals surface area contributed by atoms with Crippen LogP contribution in [0, 0.1) is 11.3 Å². The summed E-state index contributed by atoms with van der Waals surface area (Å²) >= 11 is 5.71. The van der Waals surface area contributed by atoms with E-state index in [1.54, 1.807) is 0 Å². The van der Waals surface area contributed by atoms with E-state index in [0.29, 0.717) is 17.4 Å². The molecular weight excluding hydrogens is 220 g/mol. The van der Waals surface area contributed by atoms with Crippen molar-refractivity contribution in [2.24, 2.45) is 11.3 Å². The molecular formula is C14H27ClO. The van der Waals surface area contributed by atoms with Crippen molar-refractivity contribution in [3.8, 4) is 0 Å². The maximum absolute atomic E-state index is 5.95. The molecule has 0 aromatic carbocycles. The predicted octanol–water partition coefficient (Wildman–Crippen LogP) is 4.63. The smallest absolute Gasteiger partial charge is 0.0575 e. The highest BCUT2D eigenvalue weighted by Gasteiger charge is 2.26. The molecule has 0 N–H and O–H groups in total. The molecule has 0 heterocycles. The molecule has 0 spiro atoms. The quantitative estimate of drug-likeness (QED) is 0.621. The van der Waals surface area contributed by atoms with Gasteiger partial charge in [0, 0.05) is 12.5 Å². The molecule has 0 aromatic heterocycles. The van der Waals surface area contributed by atoms with Crippen LogP contribution < -0.4 is 0 Å². The maximum Gasteiger partial charge on any atom is 0.0575 e. The Labute approximate surface area is 106 Å². The van der Waals surface area contributed by atoms with E-state index in [9.17, 15) is 0 Å². The van der Waals surface area contributed by atoms with E-state index in [2.05, 4.69) is 20.8 Å². The Kier molecular flexibility index (Phi) is 6.13. The molecule has 1 aliphatic rings. The van der Waals surface area contributed by atoms with Crippen LogP contribution in [0.1, 0.15) is 59.3 Å². The van der Waals surface area contributed by atoms with Gasteiger partial charge in [0.05, 0.1) is 6.10 Å². The van der Waals surface area contributed by atoms with Crippen LogP contribution in [0.15, 0.2) is 0 Å². The first-order valence-corrected chi connectivity index (χ1v) is 7.24. The Balaban J connectivity index is 2.06. The normalized spacial score (nSPS) is 23.2. The molecule has 96 valence electrons. The van der Waals surface area contributed by atoms with Gasteiger partial charge < -0.3 is 4.74 Å². The average Bonchev–Trinajstić information content (AvgIpc) is 2.21. The highest BCUT2D eigenvalue weighted by Crippen LogP contribution is 2.36. The van der Waals surface area contributed by atoms with E-state index in [0.717, 1.165) is 25.3 Å². The van der Waals surface area contributed by atoms with Crippen molar-refractivity contribution < 1.29 is 4.74 Å². The summed E-state index contributed by atoms with van der Waals surface area (Å²) in [6.07, 6.45) is 7.92. The fourth-order valence-electron chi connectivity index (χ4n) is 2.31. The van der Waals surface area contributed by atoms with Gasteiger partial charge in [-0.1, -0.05) is 20.8 Å². The Morgan fingerprint density at radius 3 is 2.44 bits per heavy atom.